The van der Waals surface area contributed by atoms with Crippen molar-refractivity contribution in [3.8, 4) is 5.69 Å². The van der Waals surface area contributed by atoms with Crippen molar-refractivity contribution < 1.29 is 4.79 Å². The van der Waals surface area contributed by atoms with Gasteiger partial charge in [0.2, 0.25) is 0 Å². The SMILES string of the molecule is Cc1cccc(CN2CCC(CNC(=O)c3cc4c(C)nn(-c5ccccc5)c4s3)CC2)c1. The van der Waals surface area contributed by atoms with E-state index in [1.54, 1.807) is 0 Å². The van der Waals surface area contributed by atoms with Gasteiger partial charge in [0.15, 0.2) is 0 Å². The third-order valence-electron chi connectivity index (χ3n) is 6.52. The predicted molar refractivity (Wildman–Crippen MR) is 135 cm³/mol. The summed E-state index contributed by atoms with van der Waals surface area (Å²) in [6.07, 6.45) is 2.25. The average Bonchev–Trinajstić information content (AvgIpc) is 3.40. The molecule has 4 aromatic rings. The Morgan fingerprint density at radius 3 is 2.61 bits per heavy atom. The van der Waals surface area contributed by atoms with Crippen molar-refractivity contribution in [2.45, 2.75) is 33.2 Å². The number of aromatic nitrogens is 2. The first-order valence-corrected chi connectivity index (χ1v) is 12.5. The highest BCUT2D eigenvalue weighted by Crippen LogP contribution is 2.30. The Bertz CT molecular complexity index is 1250. The number of para-hydroxylation sites is 1. The van der Waals surface area contributed by atoms with E-state index in [4.69, 9.17) is 0 Å². The van der Waals surface area contributed by atoms with Gasteiger partial charge in [0, 0.05) is 18.5 Å². The lowest BCUT2D eigenvalue weighted by atomic mass is 9.96. The summed E-state index contributed by atoms with van der Waals surface area (Å²) in [6, 6.07) is 20.8. The monoisotopic (exact) mass is 458 g/mol. The first-order valence-electron chi connectivity index (χ1n) is 11.7. The molecule has 5 rings (SSSR count). The molecule has 5 nitrogen and oxygen atoms in total. The number of benzene rings is 2. The summed E-state index contributed by atoms with van der Waals surface area (Å²) < 4.78 is 1.94. The number of piperidine rings is 1. The van der Waals surface area contributed by atoms with E-state index >= 15 is 0 Å². The second-order valence-corrected chi connectivity index (χ2v) is 10.1. The largest absolute Gasteiger partial charge is 0.351 e. The molecule has 0 saturated carbocycles. The Labute approximate surface area is 199 Å². The minimum Gasteiger partial charge on any atom is -0.351 e. The van der Waals surface area contributed by atoms with Gasteiger partial charge in [0.05, 0.1) is 16.3 Å². The Kier molecular flexibility index (Phi) is 6.29. The number of hydrogen-bond acceptors (Lipinski definition) is 4. The van der Waals surface area contributed by atoms with Gasteiger partial charge >= 0.3 is 0 Å². The summed E-state index contributed by atoms with van der Waals surface area (Å²) in [4.78, 5) is 17.2. The number of hydrogen-bond donors (Lipinski definition) is 1. The maximum absolute atomic E-state index is 12.9. The van der Waals surface area contributed by atoms with E-state index in [0.717, 1.165) is 65.5 Å². The molecule has 1 aliphatic heterocycles. The molecular formula is C27H30N4OS. The van der Waals surface area contributed by atoms with Gasteiger partial charge in [-0.15, -0.1) is 11.3 Å². The van der Waals surface area contributed by atoms with E-state index in [0.29, 0.717) is 5.92 Å². The molecule has 0 bridgehead atoms. The Morgan fingerprint density at radius 2 is 1.85 bits per heavy atom. The summed E-state index contributed by atoms with van der Waals surface area (Å²) in [5.41, 5.74) is 4.67. The number of amides is 1. The molecule has 0 radical (unpaired) electrons. The molecule has 170 valence electrons. The molecule has 3 heterocycles. The van der Waals surface area contributed by atoms with Crippen LogP contribution in [0.4, 0.5) is 0 Å². The molecule has 1 amide bonds. The molecule has 0 atom stereocenters. The van der Waals surface area contributed by atoms with E-state index in [1.165, 1.54) is 22.5 Å². The van der Waals surface area contributed by atoms with Crippen LogP contribution in [0.1, 0.15) is 39.3 Å². The molecule has 1 aliphatic rings. The van der Waals surface area contributed by atoms with Crippen LogP contribution in [0.2, 0.25) is 0 Å². The quantitative estimate of drug-likeness (QED) is 0.424. The molecule has 2 aromatic carbocycles. The molecule has 1 saturated heterocycles. The molecule has 1 N–H and O–H groups in total. The summed E-state index contributed by atoms with van der Waals surface area (Å²) >= 11 is 1.52. The molecule has 0 unspecified atom stereocenters. The fourth-order valence-electron chi connectivity index (χ4n) is 4.64. The molecule has 33 heavy (non-hydrogen) atoms. The van der Waals surface area contributed by atoms with Gasteiger partial charge in [-0.25, -0.2) is 4.68 Å². The first kappa shape index (κ1) is 21.9. The molecule has 2 aromatic heterocycles. The second-order valence-electron chi connectivity index (χ2n) is 9.08. The smallest absolute Gasteiger partial charge is 0.261 e. The van der Waals surface area contributed by atoms with Crippen molar-refractivity contribution in [2.75, 3.05) is 19.6 Å². The molecule has 1 fully saturated rings. The molecule has 0 aliphatic carbocycles. The zero-order chi connectivity index (χ0) is 22.8. The van der Waals surface area contributed by atoms with Crippen LogP contribution in [0.5, 0.6) is 0 Å². The van der Waals surface area contributed by atoms with Crippen LogP contribution in [0, 0.1) is 19.8 Å². The molecule has 0 spiro atoms. The topological polar surface area (TPSA) is 50.2 Å². The standard InChI is InChI=1S/C27H30N4OS/c1-19-7-6-8-22(15-19)18-30-13-11-21(12-14-30)17-28-26(32)25-16-24-20(2)29-31(27(24)33-25)23-9-4-3-5-10-23/h3-10,15-16,21H,11-14,17-18H2,1-2H3,(H,28,32). The van der Waals surface area contributed by atoms with Crippen LogP contribution in [0.25, 0.3) is 15.9 Å². The summed E-state index contributed by atoms with van der Waals surface area (Å²) in [5, 5.41) is 8.92. The van der Waals surface area contributed by atoms with Crippen molar-refractivity contribution in [3.05, 3.63) is 82.4 Å². The lowest BCUT2D eigenvalue weighted by molar-refractivity contribution is 0.0939. The third kappa shape index (κ3) is 4.87. The number of nitrogens with zero attached hydrogens (tertiary/aromatic N) is 3. The van der Waals surface area contributed by atoms with E-state index in [9.17, 15) is 4.79 Å². The Hall–Kier alpha value is -2.96. The van der Waals surface area contributed by atoms with E-state index < -0.39 is 0 Å². The van der Waals surface area contributed by atoms with Crippen LogP contribution in [0.3, 0.4) is 0 Å². The number of likely N-dealkylation sites (tertiary alicyclic amines) is 1. The number of carbonyl (C=O) groups is 1. The van der Waals surface area contributed by atoms with Crippen molar-refractivity contribution >= 4 is 27.5 Å². The Balaban J connectivity index is 1.17. The zero-order valence-electron chi connectivity index (χ0n) is 19.3. The van der Waals surface area contributed by atoms with Crippen LogP contribution in [0.15, 0.2) is 60.7 Å². The van der Waals surface area contributed by atoms with Crippen LogP contribution in [-0.4, -0.2) is 40.2 Å². The van der Waals surface area contributed by atoms with Crippen molar-refractivity contribution in [1.29, 1.82) is 0 Å². The van der Waals surface area contributed by atoms with E-state index in [2.05, 4.69) is 46.5 Å². The number of aryl methyl sites for hydroxylation is 2. The number of nitrogens with one attached hydrogen (secondary N) is 1. The van der Waals surface area contributed by atoms with Crippen LogP contribution in [-0.2, 0) is 6.54 Å². The highest BCUT2D eigenvalue weighted by Gasteiger charge is 2.21. The minimum absolute atomic E-state index is 0.0254. The van der Waals surface area contributed by atoms with Crippen molar-refractivity contribution in [2.24, 2.45) is 5.92 Å². The predicted octanol–water partition coefficient (Wildman–Crippen LogP) is 5.35. The summed E-state index contributed by atoms with van der Waals surface area (Å²) in [5.74, 6) is 0.566. The van der Waals surface area contributed by atoms with Gasteiger partial charge in [-0.3, -0.25) is 9.69 Å². The van der Waals surface area contributed by atoms with Crippen molar-refractivity contribution in [3.63, 3.8) is 0 Å². The maximum atomic E-state index is 12.9. The summed E-state index contributed by atoms with van der Waals surface area (Å²) in [7, 11) is 0. The number of thiophene rings is 1. The molecular weight excluding hydrogens is 428 g/mol. The highest BCUT2D eigenvalue weighted by molar-refractivity contribution is 7.20. The minimum atomic E-state index is 0.0254. The Morgan fingerprint density at radius 1 is 1.06 bits per heavy atom. The van der Waals surface area contributed by atoms with Gasteiger partial charge in [0.1, 0.15) is 4.83 Å². The van der Waals surface area contributed by atoms with Gasteiger partial charge in [-0.05, 0) is 69.5 Å². The first-order chi connectivity index (χ1) is 16.1. The van der Waals surface area contributed by atoms with E-state index in [-0.39, 0.29) is 5.91 Å². The fourth-order valence-corrected chi connectivity index (χ4v) is 5.74. The average molecular weight is 459 g/mol. The lowest BCUT2D eigenvalue weighted by Crippen LogP contribution is -2.38. The van der Waals surface area contributed by atoms with Gasteiger partial charge < -0.3 is 5.32 Å². The van der Waals surface area contributed by atoms with Crippen LogP contribution < -0.4 is 5.32 Å². The second kappa shape index (κ2) is 9.49. The van der Waals surface area contributed by atoms with Gasteiger partial charge in [-0.2, -0.15) is 5.10 Å². The highest BCUT2D eigenvalue weighted by atomic mass is 32.1. The lowest BCUT2D eigenvalue weighted by Gasteiger charge is -2.32. The van der Waals surface area contributed by atoms with E-state index in [1.807, 2.05) is 48.0 Å². The summed E-state index contributed by atoms with van der Waals surface area (Å²) in [6.45, 7) is 8.08. The molecule has 6 heteroatoms. The number of fused-ring (bicyclic) bond motifs is 1. The number of carbonyl (C=O) groups excluding carboxylic acids is 1. The van der Waals surface area contributed by atoms with Gasteiger partial charge in [-0.1, -0.05) is 48.0 Å². The third-order valence-corrected chi connectivity index (χ3v) is 7.63. The number of rotatable bonds is 6. The van der Waals surface area contributed by atoms with Crippen LogP contribution >= 0.6 is 11.3 Å². The van der Waals surface area contributed by atoms with Gasteiger partial charge in [0.25, 0.3) is 5.91 Å². The normalized spacial score (nSPS) is 15.2. The zero-order valence-corrected chi connectivity index (χ0v) is 20.1. The maximum Gasteiger partial charge on any atom is 0.261 e. The fraction of sp³-hybridized carbons (Fsp3) is 0.333. The van der Waals surface area contributed by atoms with Crippen molar-refractivity contribution in [1.82, 2.24) is 20.0 Å².